The number of thiophene rings is 1. The van der Waals surface area contributed by atoms with Crippen LogP contribution in [0.3, 0.4) is 0 Å². The van der Waals surface area contributed by atoms with Crippen LogP contribution in [-0.2, 0) is 0 Å². The molecule has 1 aromatic heterocycles. The molecule has 0 spiro atoms. The molecule has 0 aliphatic carbocycles. The summed E-state index contributed by atoms with van der Waals surface area (Å²) in [6.07, 6.45) is -0.263. The third-order valence-electron chi connectivity index (χ3n) is 2.83. The second kappa shape index (κ2) is 6.38. The molecule has 3 heteroatoms. The van der Waals surface area contributed by atoms with Gasteiger partial charge in [-0.25, -0.2) is 0 Å². The van der Waals surface area contributed by atoms with Crippen LogP contribution in [-0.4, -0.2) is 17.8 Å². The fraction of sp³-hybridized carbons (Fsp3) is 0.692. The van der Waals surface area contributed by atoms with E-state index in [0.29, 0.717) is 24.4 Å². The second-order valence-electron chi connectivity index (χ2n) is 4.96. The first-order valence-electron chi connectivity index (χ1n) is 5.97. The molecular formula is C13H23NOS. The van der Waals surface area contributed by atoms with Crippen molar-refractivity contribution in [2.75, 3.05) is 6.54 Å². The number of hydrogen-bond donors (Lipinski definition) is 2. The van der Waals surface area contributed by atoms with E-state index in [9.17, 15) is 5.11 Å². The topological polar surface area (TPSA) is 32.3 Å². The van der Waals surface area contributed by atoms with Gasteiger partial charge in [0.2, 0.25) is 0 Å². The maximum Gasteiger partial charge on any atom is 0.0687 e. The van der Waals surface area contributed by atoms with Crippen molar-refractivity contribution in [3.63, 3.8) is 0 Å². The summed E-state index contributed by atoms with van der Waals surface area (Å²) in [5.41, 5.74) is 0. The lowest BCUT2D eigenvalue weighted by Gasteiger charge is -2.24. The first kappa shape index (κ1) is 13.7. The molecule has 0 amide bonds. The zero-order valence-corrected chi connectivity index (χ0v) is 11.4. The van der Waals surface area contributed by atoms with Crippen molar-refractivity contribution in [1.29, 1.82) is 0 Å². The van der Waals surface area contributed by atoms with Crippen LogP contribution >= 0.6 is 11.3 Å². The predicted molar refractivity (Wildman–Crippen MR) is 70.7 cm³/mol. The summed E-state index contributed by atoms with van der Waals surface area (Å²) in [6, 6.07) is 4.59. The summed E-state index contributed by atoms with van der Waals surface area (Å²) in [4.78, 5) is 1.35. The van der Waals surface area contributed by atoms with E-state index in [1.165, 1.54) is 4.88 Å². The molecule has 2 atom stereocenters. The van der Waals surface area contributed by atoms with Crippen molar-refractivity contribution in [2.24, 2.45) is 11.8 Å². The van der Waals surface area contributed by atoms with Crippen molar-refractivity contribution in [2.45, 2.75) is 39.8 Å². The van der Waals surface area contributed by atoms with Crippen LogP contribution in [0.5, 0.6) is 0 Å². The van der Waals surface area contributed by atoms with E-state index >= 15 is 0 Å². The molecule has 2 N–H and O–H groups in total. The Morgan fingerprint density at radius 2 is 1.94 bits per heavy atom. The molecule has 16 heavy (non-hydrogen) atoms. The highest BCUT2D eigenvalue weighted by atomic mass is 32.1. The summed E-state index contributed by atoms with van der Waals surface area (Å²) < 4.78 is 0. The first-order chi connectivity index (χ1) is 7.52. The Bertz CT molecular complexity index is 282. The highest BCUT2D eigenvalue weighted by molar-refractivity contribution is 7.10. The van der Waals surface area contributed by atoms with Crippen molar-refractivity contribution >= 4 is 11.3 Å². The number of rotatable bonds is 6. The molecule has 0 saturated carbocycles. The minimum Gasteiger partial charge on any atom is -0.392 e. The molecular weight excluding hydrogens is 218 g/mol. The Morgan fingerprint density at radius 1 is 1.25 bits per heavy atom. The van der Waals surface area contributed by atoms with Crippen molar-refractivity contribution in [1.82, 2.24) is 5.32 Å². The third kappa shape index (κ3) is 3.89. The average Bonchev–Trinajstić information content (AvgIpc) is 2.70. The molecule has 1 heterocycles. The Kier molecular flexibility index (Phi) is 5.46. The molecule has 0 aliphatic heterocycles. The third-order valence-corrected chi connectivity index (χ3v) is 3.79. The second-order valence-corrected chi connectivity index (χ2v) is 5.94. The minimum atomic E-state index is -0.263. The molecule has 1 aromatic rings. The smallest absolute Gasteiger partial charge is 0.0687 e. The van der Waals surface area contributed by atoms with E-state index < -0.39 is 0 Å². The fourth-order valence-electron chi connectivity index (χ4n) is 1.62. The van der Waals surface area contributed by atoms with Gasteiger partial charge in [0.15, 0.2) is 0 Å². The molecule has 0 aromatic carbocycles. The van der Waals surface area contributed by atoms with Crippen LogP contribution in [0.2, 0.25) is 0 Å². The Hall–Kier alpha value is -0.380. The van der Waals surface area contributed by atoms with Gasteiger partial charge in [-0.3, -0.25) is 0 Å². The van der Waals surface area contributed by atoms with Gasteiger partial charge in [-0.15, -0.1) is 11.3 Å². The largest absolute Gasteiger partial charge is 0.392 e. The predicted octanol–water partition coefficient (Wildman–Crippen LogP) is 3.05. The molecule has 0 radical (unpaired) electrons. The highest BCUT2D eigenvalue weighted by Crippen LogP contribution is 2.25. The van der Waals surface area contributed by atoms with Crippen LogP contribution in [0.4, 0.5) is 0 Å². The van der Waals surface area contributed by atoms with Gasteiger partial charge in [0.1, 0.15) is 0 Å². The molecule has 0 bridgehead atoms. The zero-order valence-electron chi connectivity index (χ0n) is 10.6. The lowest BCUT2D eigenvalue weighted by Crippen LogP contribution is -2.34. The van der Waals surface area contributed by atoms with Crippen LogP contribution in [0, 0.1) is 11.8 Å². The quantitative estimate of drug-likeness (QED) is 0.802. The van der Waals surface area contributed by atoms with Gasteiger partial charge in [-0.2, -0.15) is 0 Å². The van der Waals surface area contributed by atoms with Crippen LogP contribution in [0.15, 0.2) is 17.5 Å². The molecule has 2 unspecified atom stereocenters. The zero-order chi connectivity index (χ0) is 12.1. The molecule has 2 nitrogen and oxygen atoms in total. The van der Waals surface area contributed by atoms with Gasteiger partial charge in [0.05, 0.1) is 6.10 Å². The average molecular weight is 241 g/mol. The van der Waals surface area contributed by atoms with Gasteiger partial charge in [0.25, 0.3) is 0 Å². The van der Waals surface area contributed by atoms with Gasteiger partial charge in [-0.05, 0) is 23.3 Å². The Balaban J connectivity index is 2.53. The van der Waals surface area contributed by atoms with Crippen molar-refractivity contribution in [3.05, 3.63) is 22.4 Å². The fourth-order valence-corrected chi connectivity index (χ4v) is 2.59. The van der Waals surface area contributed by atoms with Crippen LogP contribution in [0.1, 0.15) is 38.6 Å². The lowest BCUT2D eigenvalue weighted by molar-refractivity contribution is 0.117. The van der Waals surface area contributed by atoms with E-state index in [1.807, 2.05) is 13.8 Å². The maximum absolute atomic E-state index is 9.80. The molecule has 0 aliphatic rings. The summed E-state index contributed by atoms with van der Waals surface area (Å²) >= 11 is 1.78. The van der Waals surface area contributed by atoms with Gasteiger partial charge in [-0.1, -0.05) is 33.8 Å². The van der Waals surface area contributed by atoms with Gasteiger partial charge < -0.3 is 10.4 Å². The van der Waals surface area contributed by atoms with Gasteiger partial charge >= 0.3 is 0 Å². The standard InChI is InChI=1S/C13H23NOS/c1-9(2)11(15)8-14-13(10(3)4)12-6-5-7-16-12/h5-7,9-11,13-15H,8H2,1-4H3. The number of aliphatic hydroxyl groups is 1. The van der Waals surface area contributed by atoms with Gasteiger partial charge in [0, 0.05) is 17.5 Å². The minimum absolute atomic E-state index is 0.263. The normalized spacial score (nSPS) is 15.7. The van der Waals surface area contributed by atoms with E-state index in [-0.39, 0.29) is 6.10 Å². The maximum atomic E-state index is 9.80. The van der Waals surface area contributed by atoms with E-state index in [0.717, 1.165) is 0 Å². The van der Waals surface area contributed by atoms with Crippen LogP contribution in [0.25, 0.3) is 0 Å². The Morgan fingerprint density at radius 3 is 2.38 bits per heavy atom. The number of hydrogen-bond acceptors (Lipinski definition) is 3. The highest BCUT2D eigenvalue weighted by Gasteiger charge is 2.18. The molecule has 1 rings (SSSR count). The summed E-state index contributed by atoms with van der Waals surface area (Å²) in [5.74, 6) is 0.849. The van der Waals surface area contributed by atoms with E-state index in [4.69, 9.17) is 0 Å². The molecule has 0 fully saturated rings. The molecule has 0 saturated heterocycles. The van der Waals surface area contributed by atoms with E-state index in [2.05, 4.69) is 36.7 Å². The summed E-state index contributed by atoms with van der Waals surface area (Å²) in [7, 11) is 0. The number of nitrogens with one attached hydrogen (secondary N) is 1. The molecule has 92 valence electrons. The summed E-state index contributed by atoms with van der Waals surface area (Å²) in [6.45, 7) is 9.17. The van der Waals surface area contributed by atoms with Crippen LogP contribution < -0.4 is 5.32 Å². The lowest BCUT2D eigenvalue weighted by atomic mass is 10.0. The van der Waals surface area contributed by atoms with Crippen molar-refractivity contribution in [3.8, 4) is 0 Å². The monoisotopic (exact) mass is 241 g/mol. The summed E-state index contributed by atoms with van der Waals surface area (Å²) in [5, 5.41) is 15.4. The SMILES string of the molecule is CC(C)C(O)CNC(c1cccs1)C(C)C. The number of aliphatic hydroxyl groups excluding tert-OH is 1. The Labute approximate surface area is 103 Å². The van der Waals surface area contributed by atoms with Crippen molar-refractivity contribution < 1.29 is 5.11 Å². The first-order valence-corrected chi connectivity index (χ1v) is 6.85. The van der Waals surface area contributed by atoms with E-state index in [1.54, 1.807) is 11.3 Å².